The zero-order valence-electron chi connectivity index (χ0n) is 18.5. The van der Waals surface area contributed by atoms with Crippen LogP contribution in [0.2, 0.25) is 0 Å². The Kier molecular flexibility index (Phi) is 6.07. The quantitative estimate of drug-likeness (QED) is 0.515. The van der Waals surface area contributed by atoms with Gasteiger partial charge in [0.05, 0.1) is 11.3 Å². The van der Waals surface area contributed by atoms with Crippen molar-refractivity contribution in [2.75, 3.05) is 36.4 Å². The molecule has 2 aliphatic heterocycles. The SMILES string of the molecule is C/C=S(/c1ccc2c(c1)Oc1ccccc1NC2)N1CCN(c2ccc(C(=O)O)cc2)CC1. The molecular formula is C26H27N3O3S. The number of piperazine rings is 1. The summed E-state index contributed by atoms with van der Waals surface area (Å²) in [6.07, 6.45) is 0. The highest BCUT2D eigenvalue weighted by atomic mass is 32.2. The number of para-hydroxylation sites is 2. The first-order chi connectivity index (χ1) is 16.1. The van der Waals surface area contributed by atoms with Gasteiger partial charge in [-0.1, -0.05) is 28.9 Å². The van der Waals surface area contributed by atoms with Gasteiger partial charge in [0.15, 0.2) is 5.75 Å². The number of anilines is 2. The highest BCUT2D eigenvalue weighted by Crippen LogP contribution is 2.40. The number of rotatable bonds is 4. The van der Waals surface area contributed by atoms with Gasteiger partial charge in [0, 0.05) is 48.9 Å². The molecule has 7 heteroatoms. The van der Waals surface area contributed by atoms with Gasteiger partial charge in [-0.05, 0) is 60.8 Å². The lowest BCUT2D eigenvalue weighted by Crippen LogP contribution is -2.44. The maximum Gasteiger partial charge on any atom is 0.335 e. The lowest BCUT2D eigenvalue weighted by Gasteiger charge is -2.37. The number of carbonyl (C=O) groups is 1. The lowest BCUT2D eigenvalue weighted by molar-refractivity contribution is 0.0697. The number of fused-ring (bicyclic) bond motifs is 2. The summed E-state index contributed by atoms with van der Waals surface area (Å²) < 4.78 is 8.81. The van der Waals surface area contributed by atoms with Crippen molar-refractivity contribution >= 4 is 33.4 Å². The summed E-state index contributed by atoms with van der Waals surface area (Å²) >= 11 is 0. The Morgan fingerprint density at radius 3 is 2.48 bits per heavy atom. The van der Waals surface area contributed by atoms with Gasteiger partial charge in [0.2, 0.25) is 0 Å². The molecule has 0 amide bonds. The predicted molar refractivity (Wildman–Crippen MR) is 135 cm³/mol. The van der Waals surface area contributed by atoms with E-state index in [0.717, 1.165) is 61.2 Å². The maximum absolute atomic E-state index is 11.1. The zero-order valence-corrected chi connectivity index (χ0v) is 19.3. The van der Waals surface area contributed by atoms with Crippen molar-refractivity contribution in [1.82, 2.24) is 4.31 Å². The Labute approximate surface area is 196 Å². The normalized spacial score (nSPS) is 16.7. The van der Waals surface area contributed by atoms with Crippen molar-refractivity contribution in [3.8, 4) is 11.5 Å². The van der Waals surface area contributed by atoms with Crippen LogP contribution in [-0.4, -0.2) is 46.9 Å². The van der Waals surface area contributed by atoms with Crippen molar-refractivity contribution < 1.29 is 14.6 Å². The van der Waals surface area contributed by atoms with Gasteiger partial charge in [-0.3, -0.25) is 0 Å². The molecule has 5 rings (SSSR count). The fourth-order valence-electron chi connectivity index (χ4n) is 4.31. The van der Waals surface area contributed by atoms with Crippen LogP contribution in [0.5, 0.6) is 11.5 Å². The van der Waals surface area contributed by atoms with Crippen molar-refractivity contribution in [1.29, 1.82) is 0 Å². The summed E-state index contributed by atoms with van der Waals surface area (Å²) in [6.45, 7) is 6.57. The van der Waals surface area contributed by atoms with Crippen LogP contribution in [0.25, 0.3) is 0 Å². The number of nitrogens with one attached hydrogen (secondary N) is 1. The largest absolute Gasteiger partial charge is 0.478 e. The minimum Gasteiger partial charge on any atom is -0.478 e. The van der Waals surface area contributed by atoms with E-state index < -0.39 is 5.97 Å². The standard InChI is InChI=1S/C26H27N3O3S/c1-2-33(29-15-13-28(14-16-29)21-10-7-19(8-11-21)26(30)31)22-12-9-20-18-27-23-5-3-4-6-24(23)32-25(20)17-22/h2-12,17,27H,13-16,18H2,1H3,(H,30,31). The number of carboxylic acids is 1. The van der Waals surface area contributed by atoms with E-state index in [1.807, 2.05) is 36.4 Å². The topological polar surface area (TPSA) is 65.0 Å². The average Bonchev–Trinajstić information content (AvgIpc) is 3.04. The average molecular weight is 462 g/mol. The summed E-state index contributed by atoms with van der Waals surface area (Å²) in [7, 11) is -0.120. The lowest BCUT2D eigenvalue weighted by atomic mass is 10.2. The number of aromatic carboxylic acids is 1. The molecule has 1 atom stereocenters. The maximum atomic E-state index is 11.1. The Morgan fingerprint density at radius 1 is 1.00 bits per heavy atom. The van der Waals surface area contributed by atoms with Crippen molar-refractivity contribution in [2.45, 2.75) is 18.4 Å². The Bertz CT molecular complexity index is 1200. The van der Waals surface area contributed by atoms with Crippen LogP contribution in [0.1, 0.15) is 22.8 Å². The molecule has 3 aromatic rings. The molecule has 0 radical (unpaired) electrons. The van der Waals surface area contributed by atoms with E-state index in [2.05, 4.69) is 45.0 Å². The van der Waals surface area contributed by atoms with Crippen LogP contribution in [-0.2, 0) is 6.54 Å². The van der Waals surface area contributed by atoms with E-state index >= 15 is 0 Å². The zero-order chi connectivity index (χ0) is 22.8. The van der Waals surface area contributed by atoms with E-state index in [9.17, 15) is 4.79 Å². The Hall–Kier alpha value is -3.29. The van der Waals surface area contributed by atoms with Crippen molar-refractivity contribution in [3.63, 3.8) is 0 Å². The molecule has 2 N–H and O–H groups in total. The Balaban J connectivity index is 1.30. The van der Waals surface area contributed by atoms with Gasteiger partial charge in [0.25, 0.3) is 0 Å². The second kappa shape index (κ2) is 9.29. The van der Waals surface area contributed by atoms with Crippen LogP contribution >= 0.6 is 10.7 Å². The number of carboxylic acid groups (broad SMARTS) is 1. The molecule has 6 nitrogen and oxygen atoms in total. The first-order valence-corrected chi connectivity index (χ1v) is 12.4. The summed E-state index contributed by atoms with van der Waals surface area (Å²) in [5, 5.41) is 14.9. The van der Waals surface area contributed by atoms with Crippen molar-refractivity contribution in [3.05, 3.63) is 77.9 Å². The van der Waals surface area contributed by atoms with Gasteiger partial charge in [-0.15, -0.1) is 0 Å². The van der Waals surface area contributed by atoms with E-state index in [4.69, 9.17) is 9.84 Å². The Morgan fingerprint density at radius 2 is 1.76 bits per heavy atom. The van der Waals surface area contributed by atoms with Gasteiger partial charge < -0.3 is 20.1 Å². The summed E-state index contributed by atoms with van der Waals surface area (Å²) in [6, 6.07) is 21.8. The molecule has 0 spiro atoms. The number of nitrogens with zero attached hydrogens (tertiary/aromatic N) is 2. The molecule has 0 bridgehead atoms. The van der Waals surface area contributed by atoms with E-state index in [1.165, 1.54) is 4.90 Å². The second-order valence-corrected chi connectivity index (χ2v) is 10.1. The van der Waals surface area contributed by atoms with Gasteiger partial charge in [0.1, 0.15) is 5.75 Å². The van der Waals surface area contributed by atoms with Crippen LogP contribution in [0.3, 0.4) is 0 Å². The van der Waals surface area contributed by atoms with Crippen LogP contribution < -0.4 is 15.0 Å². The molecule has 1 saturated heterocycles. The third-order valence-corrected chi connectivity index (χ3v) is 8.18. The number of hydrogen-bond acceptors (Lipinski definition) is 5. The number of benzene rings is 3. The van der Waals surface area contributed by atoms with Crippen molar-refractivity contribution in [2.24, 2.45) is 0 Å². The minimum atomic E-state index is -0.891. The van der Waals surface area contributed by atoms with Crippen LogP contribution in [0.15, 0.2) is 71.6 Å². The highest BCUT2D eigenvalue weighted by molar-refractivity contribution is 8.13. The summed E-state index contributed by atoms with van der Waals surface area (Å²) in [5.74, 6) is 0.885. The molecule has 0 aromatic heterocycles. The third-order valence-electron chi connectivity index (χ3n) is 6.08. The molecule has 0 saturated carbocycles. The van der Waals surface area contributed by atoms with E-state index in [1.54, 1.807) is 12.1 Å². The molecule has 1 fully saturated rings. The monoisotopic (exact) mass is 461 g/mol. The van der Waals surface area contributed by atoms with E-state index in [-0.39, 0.29) is 10.7 Å². The molecule has 3 aromatic carbocycles. The fourth-order valence-corrected chi connectivity index (χ4v) is 6.17. The van der Waals surface area contributed by atoms with Gasteiger partial charge in [-0.25, -0.2) is 9.10 Å². The first-order valence-electron chi connectivity index (χ1n) is 11.1. The summed E-state index contributed by atoms with van der Waals surface area (Å²) in [5.41, 5.74) is 3.57. The molecular weight excluding hydrogens is 434 g/mol. The molecule has 33 heavy (non-hydrogen) atoms. The summed E-state index contributed by atoms with van der Waals surface area (Å²) in [4.78, 5) is 14.7. The smallest absolute Gasteiger partial charge is 0.335 e. The molecule has 2 heterocycles. The fraction of sp³-hybridized carbons (Fsp3) is 0.231. The van der Waals surface area contributed by atoms with Crippen LogP contribution in [0.4, 0.5) is 11.4 Å². The highest BCUT2D eigenvalue weighted by Gasteiger charge is 2.22. The molecule has 0 aliphatic carbocycles. The van der Waals surface area contributed by atoms with Crippen LogP contribution in [0, 0.1) is 0 Å². The van der Waals surface area contributed by atoms with Gasteiger partial charge >= 0.3 is 5.97 Å². The predicted octanol–water partition coefficient (Wildman–Crippen LogP) is 5.29. The minimum absolute atomic E-state index is 0.120. The van der Waals surface area contributed by atoms with Gasteiger partial charge in [-0.2, -0.15) is 0 Å². The molecule has 1 unspecified atom stereocenters. The number of hydrogen-bond donors (Lipinski definition) is 2. The first kappa shape index (κ1) is 21.6. The molecule has 170 valence electrons. The van der Waals surface area contributed by atoms with E-state index in [0.29, 0.717) is 5.56 Å². The molecule has 2 aliphatic rings. The third kappa shape index (κ3) is 4.47. The number of ether oxygens (including phenoxy) is 1. The second-order valence-electron chi connectivity index (χ2n) is 8.04.